The molecule has 13 N–H and O–H groups in total. The molecule has 0 spiro atoms. The first-order chi connectivity index (χ1) is 39.7. The van der Waals surface area contributed by atoms with Crippen LogP contribution in [0, 0.1) is 29.6 Å². The zero-order chi connectivity index (χ0) is 67.1. The number of carbonyl (C=O) groups is 8. The molecule has 2 heterocycles. The number of ether oxygens (including phenoxy) is 4. The van der Waals surface area contributed by atoms with Crippen LogP contribution in [-0.2, 0) is 18.9 Å². The lowest BCUT2D eigenvalue weighted by atomic mass is 9.90. The second-order valence-electron chi connectivity index (χ2n) is 26.3. The average Bonchev–Trinajstić information content (AvgIpc) is 1.95. The molecular weight excluding hydrogens is 1110 g/mol. The molecule has 0 fully saturated rings. The van der Waals surface area contributed by atoms with Crippen molar-refractivity contribution < 1.29 is 67.5 Å². The van der Waals surface area contributed by atoms with E-state index in [1.807, 2.05) is 48.5 Å². The molecule has 0 bridgehead atoms. The van der Waals surface area contributed by atoms with E-state index in [9.17, 15) is 43.5 Å². The number of rotatable bonds is 20. The number of hydrogen-bond donors (Lipinski definition) is 10. The van der Waals surface area contributed by atoms with Gasteiger partial charge in [0.05, 0.1) is 40.9 Å². The molecule has 8 amide bonds. The van der Waals surface area contributed by atoms with Gasteiger partial charge in [0, 0.05) is 25.7 Å². The normalized spacial score (nSPS) is 14.7. The molecule has 2 aliphatic heterocycles. The second kappa shape index (κ2) is 39.4. The van der Waals surface area contributed by atoms with Crippen LogP contribution >= 0.6 is 0 Å². The van der Waals surface area contributed by atoms with E-state index >= 15 is 0 Å². The third kappa shape index (κ3) is 34.7. The van der Waals surface area contributed by atoms with E-state index in [0.29, 0.717) is 53.9 Å². The van der Waals surface area contributed by atoms with E-state index in [2.05, 4.69) is 66.0 Å². The molecule has 0 saturated carbocycles. The molecule has 86 heavy (non-hydrogen) atoms. The first-order valence-electron chi connectivity index (χ1n) is 29.6. The summed E-state index contributed by atoms with van der Waals surface area (Å²) in [5, 5.41) is 29.9. The fourth-order valence-electron chi connectivity index (χ4n) is 7.93. The molecule has 0 aromatic heterocycles. The zero-order valence-electron chi connectivity index (χ0n) is 55.7. The van der Waals surface area contributed by atoms with Crippen LogP contribution in [0.1, 0.15) is 218 Å². The Morgan fingerprint density at radius 3 is 1.10 bits per heavy atom. The molecule has 0 aliphatic carbocycles. The fraction of sp³-hybridized carbons (Fsp3) is 0.683. The molecule has 2 aromatic rings. The molecule has 2 aliphatic rings. The molecule has 6 atom stereocenters. The van der Waals surface area contributed by atoms with Gasteiger partial charge in [-0.25, -0.2) is 19.2 Å². The summed E-state index contributed by atoms with van der Waals surface area (Å²) < 4.78 is 21.2. The van der Waals surface area contributed by atoms with E-state index in [1.165, 1.54) is 12.8 Å². The summed E-state index contributed by atoms with van der Waals surface area (Å²) in [4.78, 5) is 97.4. The molecule has 23 heteroatoms. The standard InChI is InChI=1S/C26H39N3O6.C18H36N2O5.C10H23N.C8H5NO2.CH4O.H4N2/c1-16(2)20(28-24(33)35-26(6,7)8)14-13-17(27-23(32)34-25(3,4)5)15-29-21(30)18-11-9-10-12-19(18)22(29)31;1-12(2)14(20-16(23)25-18(6,7)8)10-9-13(11-21)19-15(22)24-17(3,4)5;1-8(2)10(4)6-5-9(3)7-11;10-7-5-3-1-2-4-6(5)8(11)9-7;2*1-2/h9-12,16-17,20H,13-15H2,1-8H3,(H,27,32)(H,28,33);12-14,21H,9-11H2,1-8H3,(H,19,22)(H,20,23);8-10H,5-7,11H2,1-4H3;1-4H,(H,9,10,11);2H,1H3;1-2H2/t17-,20?;13-,14?;9-,10?;;;/m000.../s1. The number of fused-ring (bicyclic) bond motifs is 2. The lowest BCUT2D eigenvalue weighted by Gasteiger charge is -2.29. The number of nitrogens with one attached hydrogen (secondary N) is 5. The summed E-state index contributed by atoms with van der Waals surface area (Å²) in [5.41, 5.74) is 4.68. The van der Waals surface area contributed by atoms with Crippen LogP contribution in [0.3, 0.4) is 0 Å². The van der Waals surface area contributed by atoms with Crippen molar-refractivity contribution >= 4 is 48.0 Å². The Morgan fingerprint density at radius 1 is 0.488 bits per heavy atom. The first kappa shape index (κ1) is 81.7. The number of carbonyl (C=O) groups excluding carboxylic acids is 8. The van der Waals surface area contributed by atoms with E-state index in [0.717, 1.165) is 30.4 Å². The zero-order valence-corrected chi connectivity index (χ0v) is 55.7. The molecule has 0 radical (unpaired) electrons. The van der Waals surface area contributed by atoms with Gasteiger partial charge in [0.2, 0.25) is 0 Å². The number of alkyl carbamates (subject to hydrolysis) is 4. The van der Waals surface area contributed by atoms with Gasteiger partial charge < -0.3 is 56.2 Å². The molecule has 4 rings (SSSR count). The van der Waals surface area contributed by atoms with Crippen molar-refractivity contribution in [3.8, 4) is 0 Å². The van der Waals surface area contributed by atoms with Crippen LogP contribution < -0.4 is 44.0 Å². The topological polar surface area (TPSA) is 355 Å². The van der Waals surface area contributed by atoms with Gasteiger partial charge in [-0.15, -0.1) is 0 Å². The van der Waals surface area contributed by atoms with E-state index in [-0.39, 0.29) is 48.9 Å². The third-order valence-electron chi connectivity index (χ3n) is 12.9. The number of hydrazine groups is 1. The first-order valence-corrected chi connectivity index (χ1v) is 29.6. The number of amides is 8. The van der Waals surface area contributed by atoms with Crippen molar-refractivity contribution in [2.75, 3.05) is 26.8 Å². The van der Waals surface area contributed by atoms with Crippen LogP contribution in [0.25, 0.3) is 0 Å². The molecule has 3 unspecified atom stereocenters. The van der Waals surface area contributed by atoms with Gasteiger partial charge in [0.15, 0.2) is 0 Å². The van der Waals surface area contributed by atoms with Crippen molar-refractivity contribution in [1.82, 2.24) is 31.5 Å². The van der Waals surface area contributed by atoms with Crippen LogP contribution in [-0.4, -0.2) is 136 Å². The Kier molecular flexibility index (Phi) is 37.4. The summed E-state index contributed by atoms with van der Waals surface area (Å²) in [7, 11) is 1.00. The number of nitrogens with zero attached hydrogens (tertiary/aromatic N) is 1. The van der Waals surface area contributed by atoms with Crippen molar-refractivity contribution in [3.05, 3.63) is 70.8 Å². The molecule has 23 nitrogen and oxygen atoms in total. The van der Waals surface area contributed by atoms with Gasteiger partial charge in [0.25, 0.3) is 23.6 Å². The Bertz CT molecular complexity index is 2320. The minimum Gasteiger partial charge on any atom is -0.444 e. The number of nitrogens with two attached hydrogens (primary N) is 3. The minimum atomic E-state index is -0.705. The lowest BCUT2D eigenvalue weighted by Crippen LogP contribution is -2.48. The SMILES string of the molecule is CC(C)C(C)CC[C@H](C)CN.CC(C)C(CC[C@@H](CN1C(=O)c2ccccc2C1=O)NC(=O)OC(C)(C)C)NC(=O)OC(C)(C)C.CC(C)C(CC[C@@H](CO)NC(=O)OC(C)(C)C)NC(=O)OC(C)(C)C.CO.NN.O=C1NC(=O)c2ccccc21. The van der Waals surface area contributed by atoms with Gasteiger partial charge in [0.1, 0.15) is 22.4 Å². The molecule has 2 aromatic carbocycles. The second-order valence-corrected chi connectivity index (χ2v) is 26.3. The fourth-order valence-corrected chi connectivity index (χ4v) is 7.93. The highest BCUT2D eigenvalue weighted by molar-refractivity contribution is 6.22. The Hall–Kier alpha value is -6.40. The molecule has 492 valence electrons. The van der Waals surface area contributed by atoms with E-state index in [4.69, 9.17) is 29.8 Å². The maximum absolute atomic E-state index is 12.9. The summed E-state index contributed by atoms with van der Waals surface area (Å²) in [5.74, 6) is 9.26. The quantitative estimate of drug-likeness (QED) is 0.0255. The van der Waals surface area contributed by atoms with E-state index < -0.39 is 70.7 Å². The number of aliphatic hydroxyl groups is 2. The highest BCUT2D eigenvalue weighted by atomic mass is 16.6. The Morgan fingerprint density at radius 2 is 0.802 bits per heavy atom. The van der Waals surface area contributed by atoms with Crippen molar-refractivity contribution in [2.24, 2.45) is 47.0 Å². The van der Waals surface area contributed by atoms with Gasteiger partial charge >= 0.3 is 24.4 Å². The average molecular weight is 1220 g/mol. The number of imide groups is 2. The monoisotopic (exact) mass is 1220 g/mol. The number of benzene rings is 2. The number of aliphatic hydroxyl groups excluding tert-OH is 2. The summed E-state index contributed by atoms with van der Waals surface area (Å²) in [6.07, 6.45) is 2.41. The maximum atomic E-state index is 12.9. The highest BCUT2D eigenvalue weighted by Crippen LogP contribution is 2.25. The maximum Gasteiger partial charge on any atom is 0.407 e. The Labute approximate surface area is 513 Å². The minimum absolute atomic E-state index is 0.0111. The Balaban J connectivity index is 0. The van der Waals surface area contributed by atoms with Gasteiger partial charge in [-0.3, -0.25) is 41.1 Å². The summed E-state index contributed by atoms with van der Waals surface area (Å²) in [6, 6.07) is 12.0. The smallest absolute Gasteiger partial charge is 0.407 e. The van der Waals surface area contributed by atoms with Gasteiger partial charge in [-0.2, -0.15) is 0 Å². The lowest BCUT2D eigenvalue weighted by molar-refractivity contribution is 0.0445. The third-order valence-corrected chi connectivity index (χ3v) is 12.9. The van der Waals surface area contributed by atoms with Crippen molar-refractivity contribution in [2.45, 2.75) is 224 Å². The van der Waals surface area contributed by atoms with Crippen molar-refractivity contribution in [3.63, 3.8) is 0 Å². The predicted molar refractivity (Wildman–Crippen MR) is 336 cm³/mol. The van der Waals surface area contributed by atoms with Crippen molar-refractivity contribution in [1.29, 1.82) is 0 Å². The van der Waals surface area contributed by atoms with Crippen LogP contribution in [0.15, 0.2) is 48.5 Å². The predicted octanol–water partition coefficient (Wildman–Crippen LogP) is 9.36. The van der Waals surface area contributed by atoms with E-state index in [1.54, 1.807) is 111 Å². The summed E-state index contributed by atoms with van der Waals surface area (Å²) in [6.45, 7) is 39.1. The van der Waals surface area contributed by atoms with Crippen LogP contribution in [0.4, 0.5) is 19.2 Å². The van der Waals surface area contributed by atoms with Gasteiger partial charge in [-0.1, -0.05) is 86.1 Å². The van der Waals surface area contributed by atoms with Crippen LogP contribution in [0.2, 0.25) is 0 Å². The van der Waals surface area contributed by atoms with Crippen LogP contribution in [0.5, 0.6) is 0 Å². The molecular formula is C63H111N9O14. The highest BCUT2D eigenvalue weighted by Gasteiger charge is 2.37. The molecule has 0 saturated heterocycles. The van der Waals surface area contributed by atoms with Gasteiger partial charge in [-0.05, 0) is 176 Å². The largest absolute Gasteiger partial charge is 0.444 e. The summed E-state index contributed by atoms with van der Waals surface area (Å²) >= 11 is 0. The number of hydrogen-bond acceptors (Lipinski definition) is 17.